The molecule has 1 unspecified atom stereocenters. The molecule has 1 atom stereocenters. The third-order valence-corrected chi connectivity index (χ3v) is 4.00. The lowest BCUT2D eigenvalue weighted by atomic mass is 10.2. The molecule has 0 bridgehead atoms. The highest BCUT2D eigenvalue weighted by Gasteiger charge is 2.36. The predicted octanol–water partition coefficient (Wildman–Crippen LogP) is 0.944. The Kier molecular flexibility index (Phi) is 4.71. The zero-order valence-electron chi connectivity index (χ0n) is 12.0. The van der Waals surface area contributed by atoms with Gasteiger partial charge in [-0.3, -0.25) is 9.48 Å². The second-order valence-electron chi connectivity index (χ2n) is 4.89. The molecule has 0 aliphatic rings. The summed E-state index contributed by atoms with van der Waals surface area (Å²) in [6, 6.07) is -0.0322. The van der Waals surface area contributed by atoms with E-state index in [2.05, 4.69) is 5.10 Å². The molecule has 6 nitrogen and oxygen atoms in total. The van der Waals surface area contributed by atoms with Crippen molar-refractivity contribution in [3.8, 4) is 0 Å². The number of aromatic nitrogens is 2. The Morgan fingerprint density at radius 2 is 2.00 bits per heavy atom. The van der Waals surface area contributed by atoms with Crippen LogP contribution >= 0.6 is 0 Å². The first-order valence-electron chi connectivity index (χ1n) is 5.89. The fourth-order valence-electron chi connectivity index (χ4n) is 1.77. The predicted molar refractivity (Wildman–Crippen MR) is 69.5 cm³/mol. The second-order valence-corrected chi connectivity index (χ2v) is 7.08. The van der Waals surface area contributed by atoms with Crippen molar-refractivity contribution < 1.29 is 26.4 Å². The summed E-state index contributed by atoms with van der Waals surface area (Å²) in [5.74, 6) is -1.05. The maximum Gasteiger partial charge on any atom is 0.433 e. The average molecular weight is 327 g/mol. The van der Waals surface area contributed by atoms with Gasteiger partial charge in [-0.2, -0.15) is 18.3 Å². The van der Waals surface area contributed by atoms with E-state index in [9.17, 15) is 26.4 Å². The van der Waals surface area contributed by atoms with Crippen molar-refractivity contribution in [2.75, 3.05) is 19.1 Å². The Balaban J connectivity index is 2.99. The van der Waals surface area contributed by atoms with E-state index in [0.717, 1.165) is 18.2 Å². The van der Waals surface area contributed by atoms with Crippen LogP contribution in [0.1, 0.15) is 23.1 Å². The first-order chi connectivity index (χ1) is 9.33. The molecule has 0 saturated carbocycles. The van der Waals surface area contributed by atoms with Gasteiger partial charge >= 0.3 is 6.18 Å². The molecule has 0 saturated heterocycles. The highest BCUT2D eigenvalue weighted by Crippen LogP contribution is 2.29. The lowest BCUT2D eigenvalue weighted by Crippen LogP contribution is -2.39. The highest BCUT2D eigenvalue weighted by molar-refractivity contribution is 7.90. The summed E-state index contributed by atoms with van der Waals surface area (Å²) in [6.07, 6.45) is -3.60. The molecular weight excluding hydrogens is 311 g/mol. The first-order valence-corrected chi connectivity index (χ1v) is 7.95. The number of hydrogen-bond donors (Lipinski definition) is 0. The molecule has 0 fully saturated rings. The van der Waals surface area contributed by atoms with Crippen molar-refractivity contribution in [3.05, 3.63) is 17.5 Å². The number of carbonyl (C=O) groups excluding carboxylic acids is 1. The quantitative estimate of drug-likeness (QED) is 0.825. The number of halogens is 3. The molecule has 120 valence electrons. The number of hydrogen-bond acceptors (Lipinski definition) is 4. The summed E-state index contributed by atoms with van der Waals surface area (Å²) < 4.78 is 60.9. The third-order valence-electron chi connectivity index (χ3n) is 2.91. The topological polar surface area (TPSA) is 72.3 Å². The van der Waals surface area contributed by atoms with E-state index < -0.39 is 33.7 Å². The maximum atomic E-state index is 12.6. The van der Waals surface area contributed by atoms with Crippen LogP contribution < -0.4 is 0 Å². The molecule has 0 aliphatic heterocycles. The third kappa shape index (κ3) is 4.45. The number of aryl methyl sites for hydroxylation is 1. The van der Waals surface area contributed by atoms with E-state index in [0.29, 0.717) is 10.7 Å². The van der Waals surface area contributed by atoms with Crippen molar-refractivity contribution >= 4 is 15.7 Å². The molecule has 0 aliphatic carbocycles. The number of sulfone groups is 1. The summed E-state index contributed by atoms with van der Waals surface area (Å²) in [4.78, 5) is 13.1. The minimum absolute atomic E-state index is 0.284. The Hall–Kier alpha value is -1.58. The van der Waals surface area contributed by atoms with Crippen molar-refractivity contribution in [2.45, 2.75) is 19.1 Å². The standard InChI is InChI=1S/C11H16F3N3O3S/c1-7(6-21(4,19)20)16(2)10(18)8-5-9(11(12,13)14)17(3)15-8/h5,7H,6H2,1-4H3. The van der Waals surface area contributed by atoms with Crippen molar-refractivity contribution in [2.24, 2.45) is 7.05 Å². The van der Waals surface area contributed by atoms with E-state index in [1.54, 1.807) is 0 Å². The second kappa shape index (κ2) is 5.66. The molecule has 1 amide bonds. The minimum Gasteiger partial charge on any atom is -0.337 e. The minimum atomic E-state index is -4.61. The molecule has 1 aromatic heterocycles. The van der Waals surface area contributed by atoms with Crippen LogP contribution in [0.2, 0.25) is 0 Å². The van der Waals surface area contributed by atoms with Crippen LogP contribution in [0.4, 0.5) is 13.2 Å². The van der Waals surface area contributed by atoms with Crippen LogP contribution in [0.3, 0.4) is 0 Å². The SMILES string of the molecule is CC(CS(C)(=O)=O)N(C)C(=O)c1cc(C(F)(F)F)n(C)n1. The monoisotopic (exact) mass is 327 g/mol. The van der Waals surface area contributed by atoms with Gasteiger partial charge in [0.15, 0.2) is 5.69 Å². The molecule has 10 heteroatoms. The summed E-state index contributed by atoms with van der Waals surface area (Å²) >= 11 is 0. The number of alkyl halides is 3. The van der Waals surface area contributed by atoms with Gasteiger partial charge in [0.25, 0.3) is 5.91 Å². The Bertz CT molecular complexity index is 637. The highest BCUT2D eigenvalue weighted by atomic mass is 32.2. The lowest BCUT2D eigenvalue weighted by Gasteiger charge is -2.23. The van der Waals surface area contributed by atoms with Crippen LogP contribution in [-0.2, 0) is 23.1 Å². The average Bonchev–Trinajstić information content (AvgIpc) is 2.66. The maximum absolute atomic E-state index is 12.6. The molecule has 0 aromatic carbocycles. The molecule has 0 radical (unpaired) electrons. The van der Waals surface area contributed by atoms with Crippen LogP contribution in [0.5, 0.6) is 0 Å². The fraction of sp³-hybridized carbons (Fsp3) is 0.636. The Morgan fingerprint density at radius 3 is 2.38 bits per heavy atom. The van der Waals surface area contributed by atoms with E-state index in [-0.39, 0.29) is 11.4 Å². The van der Waals surface area contributed by atoms with Gasteiger partial charge < -0.3 is 4.90 Å². The molecule has 1 rings (SSSR count). The van der Waals surface area contributed by atoms with Crippen LogP contribution in [-0.4, -0.2) is 54.1 Å². The molecule has 1 heterocycles. The van der Waals surface area contributed by atoms with Gasteiger partial charge in [0.1, 0.15) is 15.5 Å². The van der Waals surface area contributed by atoms with Gasteiger partial charge in [-0.25, -0.2) is 8.42 Å². The number of rotatable bonds is 4. The van der Waals surface area contributed by atoms with Gasteiger partial charge in [-0.05, 0) is 6.92 Å². The Labute approximate surface area is 120 Å². The molecular formula is C11H16F3N3O3S. The lowest BCUT2D eigenvalue weighted by molar-refractivity contribution is -0.143. The zero-order chi connectivity index (χ0) is 16.6. The van der Waals surface area contributed by atoms with Crippen molar-refractivity contribution in [3.63, 3.8) is 0 Å². The molecule has 0 N–H and O–H groups in total. The summed E-state index contributed by atoms with van der Waals surface area (Å²) in [7, 11) is -0.907. The van der Waals surface area contributed by atoms with Gasteiger partial charge in [0.2, 0.25) is 0 Å². The number of amides is 1. The van der Waals surface area contributed by atoms with Crippen molar-refractivity contribution in [1.29, 1.82) is 0 Å². The normalized spacial score (nSPS) is 14.0. The molecule has 21 heavy (non-hydrogen) atoms. The summed E-state index contributed by atoms with van der Waals surface area (Å²) in [5.41, 5.74) is -1.43. The summed E-state index contributed by atoms with van der Waals surface area (Å²) in [6.45, 7) is 1.49. The van der Waals surface area contributed by atoms with E-state index in [1.807, 2.05) is 0 Å². The summed E-state index contributed by atoms with van der Waals surface area (Å²) in [5, 5.41) is 3.53. The largest absolute Gasteiger partial charge is 0.433 e. The number of carbonyl (C=O) groups is 1. The van der Waals surface area contributed by atoms with Crippen LogP contribution in [0.15, 0.2) is 6.07 Å². The molecule has 0 spiro atoms. The van der Waals surface area contributed by atoms with Gasteiger partial charge in [-0.1, -0.05) is 0 Å². The smallest absolute Gasteiger partial charge is 0.337 e. The van der Waals surface area contributed by atoms with Crippen molar-refractivity contribution in [1.82, 2.24) is 14.7 Å². The van der Waals surface area contributed by atoms with Crippen LogP contribution in [0.25, 0.3) is 0 Å². The van der Waals surface area contributed by atoms with Crippen LogP contribution in [0, 0.1) is 0 Å². The number of nitrogens with zero attached hydrogens (tertiary/aromatic N) is 3. The van der Waals surface area contributed by atoms with Gasteiger partial charge in [-0.15, -0.1) is 0 Å². The Morgan fingerprint density at radius 1 is 1.48 bits per heavy atom. The van der Waals surface area contributed by atoms with E-state index in [1.165, 1.54) is 14.0 Å². The van der Waals surface area contributed by atoms with Gasteiger partial charge in [0, 0.05) is 32.5 Å². The zero-order valence-corrected chi connectivity index (χ0v) is 12.8. The molecule has 1 aromatic rings. The first kappa shape index (κ1) is 17.5. The van der Waals surface area contributed by atoms with E-state index in [4.69, 9.17) is 0 Å². The fourth-order valence-corrected chi connectivity index (χ4v) is 2.87. The van der Waals surface area contributed by atoms with Gasteiger partial charge in [0.05, 0.1) is 5.75 Å². The van der Waals surface area contributed by atoms with E-state index >= 15 is 0 Å².